The van der Waals surface area contributed by atoms with Gasteiger partial charge in [-0.3, -0.25) is 20.4 Å². The number of aryl methyl sites for hydroxylation is 1. The normalized spacial score (nSPS) is 19.3. The van der Waals surface area contributed by atoms with E-state index in [0.29, 0.717) is 31.5 Å². The molecule has 1 fully saturated rings. The molecule has 3 aromatic rings. The molecule has 37 heavy (non-hydrogen) atoms. The number of hydrogen-bond donors (Lipinski definition) is 6. The molecule has 1 heterocycles. The highest BCUT2D eigenvalue weighted by Gasteiger charge is 2.40. The lowest BCUT2D eigenvalue weighted by molar-refractivity contribution is -0.131. The number of likely N-dealkylation sites (tertiary alicyclic amines) is 1. The Bertz CT molecular complexity index is 1160. The van der Waals surface area contributed by atoms with Crippen molar-refractivity contribution < 1.29 is 9.90 Å². The number of nitrogens with two attached hydrogens (primary N) is 2. The molecule has 194 valence electrons. The average molecular weight is 501 g/mol. The van der Waals surface area contributed by atoms with Crippen LogP contribution in [0.4, 0.5) is 0 Å². The molecule has 0 aliphatic carbocycles. The average Bonchev–Trinajstić information content (AvgIpc) is 3.38. The van der Waals surface area contributed by atoms with Gasteiger partial charge in [-0.05, 0) is 41.9 Å². The Kier molecular flexibility index (Phi) is 9.03. The summed E-state index contributed by atoms with van der Waals surface area (Å²) in [6.07, 6.45) is 0.571. The molecule has 3 aromatic carbocycles. The highest BCUT2D eigenvalue weighted by Crippen LogP contribution is 2.32. The van der Waals surface area contributed by atoms with Gasteiger partial charge in [-0.2, -0.15) is 0 Å². The SMILES string of the molecule is N=C(N)c1ccc(CNC(=O)[C@@H]2C[C@@H](c3ccccc3)CN2C(O)N[C@H](N)CCc2ccccc2)cc1. The van der Waals surface area contributed by atoms with Crippen LogP contribution in [-0.4, -0.2) is 46.9 Å². The molecule has 8 heteroatoms. The van der Waals surface area contributed by atoms with Crippen molar-refractivity contribution >= 4 is 11.7 Å². The van der Waals surface area contributed by atoms with Crippen LogP contribution in [-0.2, 0) is 17.8 Å². The monoisotopic (exact) mass is 500 g/mol. The van der Waals surface area contributed by atoms with E-state index in [1.165, 1.54) is 5.56 Å². The highest BCUT2D eigenvalue weighted by atomic mass is 16.3. The number of nitrogens with zero attached hydrogens (tertiary/aromatic N) is 1. The molecule has 0 saturated carbocycles. The molecule has 1 aliphatic heterocycles. The number of aliphatic hydroxyl groups is 1. The zero-order valence-electron chi connectivity index (χ0n) is 20.9. The highest BCUT2D eigenvalue weighted by molar-refractivity contribution is 5.94. The molecule has 8 N–H and O–H groups in total. The van der Waals surface area contributed by atoms with Crippen molar-refractivity contribution in [2.45, 2.75) is 50.3 Å². The maximum atomic E-state index is 13.3. The van der Waals surface area contributed by atoms with E-state index in [4.69, 9.17) is 16.9 Å². The van der Waals surface area contributed by atoms with Crippen molar-refractivity contribution in [2.24, 2.45) is 11.5 Å². The molecule has 1 amide bonds. The van der Waals surface area contributed by atoms with Crippen molar-refractivity contribution in [1.82, 2.24) is 15.5 Å². The second-order valence-electron chi connectivity index (χ2n) is 9.56. The van der Waals surface area contributed by atoms with Gasteiger partial charge in [0.2, 0.25) is 5.91 Å². The van der Waals surface area contributed by atoms with Crippen LogP contribution in [0.5, 0.6) is 0 Å². The van der Waals surface area contributed by atoms with Gasteiger partial charge < -0.3 is 21.9 Å². The summed E-state index contributed by atoms with van der Waals surface area (Å²) in [6, 6.07) is 26.9. The first-order valence-corrected chi connectivity index (χ1v) is 12.7. The Balaban J connectivity index is 1.40. The van der Waals surface area contributed by atoms with Gasteiger partial charge in [0.05, 0.1) is 12.2 Å². The number of hydrogen-bond acceptors (Lipinski definition) is 6. The van der Waals surface area contributed by atoms with Crippen LogP contribution in [0.25, 0.3) is 0 Å². The van der Waals surface area contributed by atoms with Gasteiger partial charge in [0.25, 0.3) is 0 Å². The van der Waals surface area contributed by atoms with Gasteiger partial charge in [0.15, 0.2) is 6.35 Å². The van der Waals surface area contributed by atoms with Gasteiger partial charge >= 0.3 is 0 Å². The van der Waals surface area contributed by atoms with Crippen molar-refractivity contribution in [2.75, 3.05) is 6.54 Å². The number of carbonyl (C=O) groups is 1. The van der Waals surface area contributed by atoms with Gasteiger partial charge in [-0.25, -0.2) is 0 Å². The number of amides is 1. The fourth-order valence-electron chi connectivity index (χ4n) is 4.80. The van der Waals surface area contributed by atoms with Gasteiger partial charge in [0.1, 0.15) is 5.84 Å². The zero-order chi connectivity index (χ0) is 26.2. The summed E-state index contributed by atoms with van der Waals surface area (Å²) in [4.78, 5) is 15.1. The first-order chi connectivity index (χ1) is 17.9. The first-order valence-electron chi connectivity index (χ1n) is 12.7. The Labute approximate surface area is 218 Å². The van der Waals surface area contributed by atoms with Gasteiger partial charge in [-0.1, -0.05) is 84.9 Å². The number of carbonyl (C=O) groups excluding carboxylic acids is 1. The summed E-state index contributed by atoms with van der Waals surface area (Å²) >= 11 is 0. The Morgan fingerprint density at radius 2 is 1.65 bits per heavy atom. The smallest absolute Gasteiger partial charge is 0.237 e. The van der Waals surface area contributed by atoms with Crippen LogP contribution in [0, 0.1) is 5.41 Å². The summed E-state index contributed by atoms with van der Waals surface area (Å²) in [5.74, 6) is -0.0239. The van der Waals surface area contributed by atoms with Gasteiger partial charge in [0, 0.05) is 18.7 Å². The molecule has 4 atom stereocenters. The summed E-state index contributed by atoms with van der Waals surface area (Å²) in [7, 11) is 0. The minimum absolute atomic E-state index is 0.00704. The number of nitrogens with one attached hydrogen (secondary N) is 3. The molecular weight excluding hydrogens is 464 g/mol. The van der Waals surface area contributed by atoms with E-state index in [2.05, 4.69) is 34.9 Å². The third-order valence-corrected chi connectivity index (χ3v) is 6.91. The van der Waals surface area contributed by atoms with Crippen LogP contribution in [0.2, 0.25) is 0 Å². The fourth-order valence-corrected chi connectivity index (χ4v) is 4.80. The lowest BCUT2D eigenvalue weighted by atomic mass is 9.96. The maximum absolute atomic E-state index is 13.3. The molecule has 1 saturated heterocycles. The molecule has 0 bridgehead atoms. The number of nitrogen functional groups attached to an aromatic ring is 1. The Morgan fingerprint density at radius 3 is 2.30 bits per heavy atom. The molecule has 0 spiro atoms. The molecule has 4 rings (SSSR count). The minimum atomic E-state index is -1.05. The van der Waals surface area contributed by atoms with Crippen molar-refractivity contribution in [3.63, 3.8) is 0 Å². The number of amidine groups is 1. The number of benzene rings is 3. The van der Waals surface area contributed by atoms with Crippen LogP contribution in [0.1, 0.15) is 41.0 Å². The standard InChI is InChI=1S/C29H36N6O2/c30-26(16-13-20-7-3-1-4-8-20)34-29(37)35-19-24(22-9-5-2-6-10-22)17-25(35)28(36)33-18-21-11-14-23(15-12-21)27(31)32/h1-12,14-15,24-26,29,34,37H,13,16-19,30H2,(H3,31,32)(H,33,36)/t24-,25+,26+,29?/m1/s1. The number of rotatable bonds is 11. The number of aliphatic hydroxyl groups excluding tert-OH is 1. The van der Waals surface area contributed by atoms with E-state index in [1.807, 2.05) is 48.5 Å². The van der Waals surface area contributed by atoms with E-state index in [0.717, 1.165) is 17.5 Å². The van der Waals surface area contributed by atoms with Crippen LogP contribution in [0.15, 0.2) is 84.9 Å². The van der Waals surface area contributed by atoms with Crippen LogP contribution < -0.4 is 22.1 Å². The van der Waals surface area contributed by atoms with E-state index in [9.17, 15) is 9.90 Å². The third kappa shape index (κ3) is 7.24. The van der Waals surface area contributed by atoms with E-state index >= 15 is 0 Å². The minimum Gasteiger partial charge on any atom is -0.384 e. The van der Waals surface area contributed by atoms with Gasteiger partial charge in [-0.15, -0.1) is 0 Å². The Hall–Kier alpha value is -3.56. The predicted molar refractivity (Wildman–Crippen MR) is 145 cm³/mol. The molecular formula is C29H36N6O2. The van der Waals surface area contributed by atoms with Crippen molar-refractivity contribution in [1.29, 1.82) is 5.41 Å². The lowest BCUT2D eigenvalue weighted by Gasteiger charge is -2.31. The van der Waals surface area contributed by atoms with Crippen molar-refractivity contribution in [3.8, 4) is 0 Å². The molecule has 1 aliphatic rings. The first kappa shape index (κ1) is 26.5. The summed E-state index contributed by atoms with van der Waals surface area (Å²) < 4.78 is 0. The van der Waals surface area contributed by atoms with Crippen molar-refractivity contribution in [3.05, 3.63) is 107 Å². The zero-order valence-corrected chi connectivity index (χ0v) is 20.9. The van der Waals surface area contributed by atoms with E-state index < -0.39 is 18.6 Å². The van der Waals surface area contributed by atoms with Crippen LogP contribution >= 0.6 is 0 Å². The second-order valence-corrected chi connectivity index (χ2v) is 9.56. The largest absolute Gasteiger partial charge is 0.384 e. The summed E-state index contributed by atoms with van der Waals surface area (Å²) in [5.41, 5.74) is 15.7. The quantitative estimate of drug-likeness (QED) is 0.136. The molecule has 0 radical (unpaired) electrons. The Morgan fingerprint density at radius 1 is 1.00 bits per heavy atom. The topological polar surface area (TPSA) is 140 Å². The van der Waals surface area contributed by atoms with E-state index in [-0.39, 0.29) is 17.7 Å². The predicted octanol–water partition coefficient (Wildman–Crippen LogP) is 2.23. The molecule has 8 nitrogen and oxygen atoms in total. The summed E-state index contributed by atoms with van der Waals surface area (Å²) in [6.45, 7) is 0.881. The molecule has 0 aromatic heterocycles. The second kappa shape index (κ2) is 12.6. The summed E-state index contributed by atoms with van der Waals surface area (Å²) in [5, 5.41) is 24.7. The van der Waals surface area contributed by atoms with Crippen LogP contribution in [0.3, 0.4) is 0 Å². The maximum Gasteiger partial charge on any atom is 0.237 e. The third-order valence-electron chi connectivity index (χ3n) is 6.91. The molecule has 1 unspecified atom stereocenters. The lowest BCUT2D eigenvalue weighted by Crippen LogP contribution is -2.57. The fraction of sp³-hybridized carbons (Fsp3) is 0.310. The van der Waals surface area contributed by atoms with E-state index in [1.54, 1.807) is 17.0 Å².